The summed E-state index contributed by atoms with van der Waals surface area (Å²) in [6.45, 7) is 2.65. The lowest BCUT2D eigenvalue weighted by molar-refractivity contribution is -0.140. The van der Waals surface area contributed by atoms with Gasteiger partial charge in [-0.25, -0.2) is 9.78 Å². The molecule has 0 saturated carbocycles. The highest BCUT2D eigenvalue weighted by Gasteiger charge is 2.34. The lowest BCUT2D eigenvalue weighted by atomic mass is 9.91. The van der Waals surface area contributed by atoms with E-state index >= 15 is 0 Å². The van der Waals surface area contributed by atoms with Gasteiger partial charge in [0.15, 0.2) is 0 Å². The van der Waals surface area contributed by atoms with Gasteiger partial charge >= 0.3 is 5.97 Å². The number of piperidine rings is 1. The summed E-state index contributed by atoms with van der Waals surface area (Å²) in [7, 11) is 0. The molecule has 1 aliphatic heterocycles. The van der Waals surface area contributed by atoms with E-state index in [0.717, 1.165) is 12.8 Å². The van der Waals surface area contributed by atoms with Crippen LogP contribution in [0.3, 0.4) is 0 Å². The average Bonchev–Trinajstić information content (AvgIpc) is 2.38. The van der Waals surface area contributed by atoms with Crippen molar-refractivity contribution in [1.82, 2.24) is 4.98 Å². The Kier molecular flexibility index (Phi) is 3.47. The number of aromatic nitrogens is 1. The summed E-state index contributed by atoms with van der Waals surface area (Å²) >= 11 is 0. The number of carboxylic acids is 1. The molecule has 94 valence electrons. The topological polar surface area (TPSA) is 77.2 Å². The lowest BCUT2D eigenvalue weighted by Gasteiger charge is -2.38. The van der Waals surface area contributed by atoms with E-state index in [4.69, 9.17) is 5.26 Å². The molecule has 18 heavy (non-hydrogen) atoms. The summed E-state index contributed by atoms with van der Waals surface area (Å²) in [6.07, 6.45) is 3.36. The van der Waals surface area contributed by atoms with Crippen LogP contribution >= 0.6 is 0 Å². The third kappa shape index (κ3) is 2.28. The normalized spacial score (nSPS) is 23.4. The van der Waals surface area contributed by atoms with Crippen molar-refractivity contribution in [3.8, 4) is 6.07 Å². The Morgan fingerprint density at radius 2 is 2.39 bits per heavy atom. The molecule has 5 nitrogen and oxygen atoms in total. The molecular weight excluding hydrogens is 230 g/mol. The summed E-state index contributed by atoms with van der Waals surface area (Å²) in [6, 6.07) is 4.86. The maximum absolute atomic E-state index is 11.3. The largest absolute Gasteiger partial charge is 0.480 e. The first-order valence-corrected chi connectivity index (χ1v) is 5.99. The average molecular weight is 245 g/mol. The second-order valence-corrected chi connectivity index (χ2v) is 4.61. The van der Waals surface area contributed by atoms with Crippen molar-refractivity contribution in [3.63, 3.8) is 0 Å². The minimum absolute atomic E-state index is 0.105. The van der Waals surface area contributed by atoms with Crippen LogP contribution in [0.5, 0.6) is 0 Å². The van der Waals surface area contributed by atoms with E-state index in [2.05, 4.69) is 4.98 Å². The van der Waals surface area contributed by atoms with Gasteiger partial charge in [-0.2, -0.15) is 5.26 Å². The number of carbonyl (C=O) groups is 1. The van der Waals surface area contributed by atoms with Crippen LogP contribution in [0.25, 0.3) is 0 Å². The molecule has 1 saturated heterocycles. The van der Waals surface area contributed by atoms with E-state index in [9.17, 15) is 9.90 Å². The zero-order chi connectivity index (χ0) is 13.1. The van der Waals surface area contributed by atoms with E-state index in [0.29, 0.717) is 17.9 Å². The molecule has 2 unspecified atom stereocenters. The molecule has 0 aromatic carbocycles. The van der Waals surface area contributed by atoms with Crippen LogP contribution in [0.2, 0.25) is 0 Å². The first kappa shape index (κ1) is 12.4. The van der Waals surface area contributed by atoms with Gasteiger partial charge in [0.1, 0.15) is 17.9 Å². The molecule has 0 radical (unpaired) electrons. The molecule has 1 aromatic rings. The van der Waals surface area contributed by atoms with Crippen LogP contribution in [0.4, 0.5) is 5.82 Å². The van der Waals surface area contributed by atoms with E-state index in [-0.39, 0.29) is 5.92 Å². The number of nitrogens with zero attached hydrogens (tertiary/aromatic N) is 3. The van der Waals surface area contributed by atoms with E-state index in [1.807, 2.05) is 17.9 Å². The molecule has 2 atom stereocenters. The number of anilines is 1. The smallest absolute Gasteiger partial charge is 0.326 e. The van der Waals surface area contributed by atoms with Gasteiger partial charge in [-0.3, -0.25) is 0 Å². The molecule has 0 amide bonds. The van der Waals surface area contributed by atoms with Gasteiger partial charge in [-0.15, -0.1) is 0 Å². The van der Waals surface area contributed by atoms with Crippen molar-refractivity contribution in [2.75, 3.05) is 11.4 Å². The number of nitriles is 1. The molecule has 1 N–H and O–H groups in total. The molecule has 0 spiro atoms. The maximum Gasteiger partial charge on any atom is 0.326 e. The number of hydrogen-bond acceptors (Lipinski definition) is 4. The first-order valence-electron chi connectivity index (χ1n) is 5.99. The monoisotopic (exact) mass is 245 g/mol. The van der Waals surface area contributed by atoms with Gasteiger partial charge in [0.05, 0.1) is 5.56 Å². The molecule has 1 aliphatic rings. The molecule has 0 aliphatic carbocycles. The maximum atomic E-state index is 11.3. The predicted molar refractivity (Wildman–Crippen MR) is 66.1 cm³/mol. The number of aliphatic carboxylic acids is 1. The van der Waals surface area contributed by atoms with Gasteiger partial charge in [0.25, 0.3) is 0 Å². The van der Waals surface area contributed by atoms with E-state index in [1.54, 1.807) is 12.1 Å². The van der Waals surface area contributed by atoms with Crippen molar-refractivity contribution in [1.29, 1.82) is 5.26 Å². The summed E-state index contributed by atoms with van der Waals surface area (Å²) in [5.74, 6) is -0.0741. The zero-order valence-corrected chi connectivity index (χ0v) is 10.2. The van der Waals surface area contributed by atoms with Crippen LogP contribution in [0, 0.1) is 17.2 Å². The van der Waals surface area contributed by atoms with Crippen molar-refractivity contribution < 1.29 is 9.90 Å². The second kappa shape index (κ2) is 5.05. The molecular formula is C13H15N3O2. The van der Waals surface area contributed by atoms with Gasteiger partial charge in [-0.05, 0) is 30.9 Å². The minimum Gasteiger partial charge on any atom is -0.480 e. The van der Waals surface area contributed by atoms with Crippen molar-refractivity contribution in [2.45, 2.75) is 25.8 Å². The molecule has 5 heteroatoms. The van der Waals surface area contributed by atoms with Gasteiger partial charge < -0.3 is 10.0 Å². The zero-order valence-electron chi connectivity index (χ0n) is 10.2. The predicted octanol–water partition coefficient (Wildman–Crippen LogP) is 1.64. The second-order valence-electron chi connectivity index (χ2n) is 4.61. The highest BCUT2D eigenvalue weighted by atomic mass is 16.4. The highest BCUT2D eigenvalue weighted by molar-refractivity contribution is 5.78. The SMILES string of the molecule is CC1CCCN(c2ccc(C#N)cn2)C1C(=O)O. The summed E-state index contributed by atoms with van der Waals surface area (Å²) in [4.78, 5) is 17.3. The van der Waals surface area contributed by atoms with E-state index < -0.39 is 12.0 Å². The third-order valence-electron chi connectivity index (χ3n) is 3.36. The number of carboxylic acid groups (broad SMARTS) is 1. The molecule has 0 bridgehead atoms. The Morgan fingerprint density at radius 3 is 2.94 bits per heavy atom. The highest BCUT2D eigenvalue weighted by Crippen LogP contribution is 2.27. The number of hydrogen-bond donors (Lipinski definition) is 1. The Hall–Kier alpha value is -2.09. The molecule has 1 fully saturated rings. The summed E-state index contributed by atoms with van der Waals surface area (Å²) < 4.78 is 0. The Morgan fingerprint density at radius 1 is 1.61 bits per heavy atom. The van der Waals surface area contributed by atoms with Crippen LogP contribution in [0.1, 0.15) is 25.3 Å². The summed E-state index contributed by atoms with van der Waals surface area (Å²) in [5.41, 5.74) is 0.482. The van der Waals surface area contributed by atoms with Crippen molar-refractivity contribution in [2.24, 2.45) is 5.92 Å². The van der Waals surface area contributed by atoms with Crippen LogP contribution < -0.4 is 4.90 Å². The standard InChI is InChI=1S/C13H15N3O2/c1-9-3-2-6-16(12(9)13(17)18)11-5-4-10(7-14)8-15-11/h4-5,8-9,12H,2-3,6H2,1H3,(H,17,18). The fourth-order valence-corrected chi connectivity index (χ4v) is 2.44. The van der Waals surface area contributed by atoms with Gasteiger partial charge in [-0.1, -0.05) is 6.92 Å². The lowest BCUT2D eigenvalue weighted by Crippen LogP contribution is -2.49. The molecule has 2 rings (SSSR count). The molecule has 1 aromatic heterocycles. The Bertz CT molecular complexity index is 478. The van der Waals surface area contributed by atoms with Gasteiger partial charge in [0.2, 0.25) is 0 Å². The van der Waals surface area contributed by atoms with Crippen LogP contribution in [-0.2, 0) is 4.79 Å². The number of pyridine rings is 1. The Labute approximate surface area is 106 Å². The quantitative estimate of drug-likeness (QED) is 0.857. The molecule has 2 heterocycles. The van der Waals surface area contributed by atoms with E-state index in [1.165, 1.54) is 6.20 Å². The van der Waals surface area contributed by atoms with Gasteiger partial charge in [0, 0.05) is 12.7 Å². The fraction of sp³-hybridized carbons (Fsp3) is 0.462. The first-order chi connectivity index (χ1) is 8.63. The summed E-state index contributed by atoms with van der Waals surface area (Å²) in [5, 5.41) is 18.0. The fourth-order valence-electron chi connectivity index (χ4n) is 2.44. The third-order valence-corrected chi connectivity index (χ3v) is 3.36. The van der Waals surface area contributed by atoms with Crippen molar-refractivity contribution in [3.05, 3.63) is 23.9 Å². The van der Waals surface area contributed by atoms with Crippen molar-refractivity contribution >= 4 is 11.8 Å². The van der Waals surface area contributed by atoms with Crippen LogP contribution in [0.15, 0.2) is 18.3 Å². The Balaban J connectivity index is 2.28. The number of rotatable bonds is 2. The minimum atomic E-state index is -0.812. The van der Waals surface area contributed by atoms with Crippen LogP contribution in [-0.4, -0.2) is 28.6 Å².